The van der Waals surface area contributed by atoms with Crippen LogP contribution in [-0.2, 0) is 11.2 Å². The van der Waals surface area contributed by atoms with Crippen LogP contribution in [-0.4, -0.2) is 47.9 Å². The SMILES string of the molecule is COc1ccc(C(=O)N(CC(=O)N2CCc3sccc3C2c2ccc(Cl)cc2)C(C)C)cc1. The fraction of sp³-hybridized carbons (Fsp3) is 0.308. The van der Waals surface area contributed by atoms with Crippen LogP contribution in [0.2, 0.25) is 5.02 Å². The lowest BCUT2D eigenvalue weighted by Gasteiger charge is -2.38. The summed E-state index contributed by atoms with van der Waals surface area (Å²) in [5.41, 5.74) is 2.70. The van der Waals surface area contributed by atoms with Crippen LogP contribution in [0.4, 0.5) is 0 Å². The zero-order valence-corrected chi connectivity index (χ0v) is 20.5. The Hall–Kier alpha value is -2.83. The monoisotopic (exact) mass is 482 g/mol. The van der Waals surface area contributed by atoms with Crippen LogP contribution in [0.5, 0.6) is 5.75 Å². The molecule has 1 aliphatic rings. The number of methoxy groups -OCH3 is 1. The summed E-state index contributed by atoms with van der Waals surface area (Å²) in [6.45, 7) is 4.49. The van der Waals surface area contributed by atoms with Gasteiger partial charge in [0.2, 0.25) is 5.91 Å². The second-order valence-corrected chi connectivity index (χ2v) is 9.78. The number of amides is 2. The quantitative estimate of drug-likeness (QED) is 0.470. The first-order chi connectivity index (χ1) is 15.9. The number of ether oxygens (including phenoxy) is 1. The Balaban J connectivity index is 1.60. The fourth-order valence-corrected chi connectivity index (χ4v) is 5.24. The number of hydrogen-bond acceptors (Lipinski definition) is 4. The van der Waals surface area contributed by atoms with Crippen LogP contribution in [0.3, 0.4) is 0 Å². The van der Waals surface area contributed by atoms with Crippen molar-refractivity contribution in [2.24, 2.45) is 0 Å². The largest absolute Gasteiger partial charge is 0.497 e. The van der Waals surface area contributed by atoms with Gasteiger partial charge in [-0.2, -0.15) is 0 Å². The highest BCUT2D eigenvalue weighted by Gasteiger charge is 2.34. The number of rotatable bonds is 6. The van der Waals surface area contributed by atoms with E-state index in [9.17, 15) is 9.59 Å². The molecule has 7 heteroatoms. The molecule has 0 fully saturated rings. The highest BCUT2D eigenvalue weighted by atomic mass is 35.5. The molecule has 0 saturated carbocycles. The average Bonchev–Trinajstić information content (AvgIpc) is 3.31. The molecule has 172 valence electrons. The molecule has 0 saturated heterocycles. The van der Waals surface area contributed by atoms with E-state index in [0.29, 0.717) is 22.9 Å². The van der Waals surface area contributed by atoms with Crippen molar-refractivity contribution in [2.75, 3.05) is 20.2 Å². The number of hydrogen-bond donors (Lipinski definition) is 0. The summed E-state index contributed by atoms with van der Waals surface area (Å²) in [4.78, 5) is 31.7. The van der Waals surface area contributed by atoms with E-state index in [1.54, 1.807) is 47.6 Å². The highest BCUT2D eigenvalue weighted by molar-refractivity contribution is 7.10. The lowest BCUT2D eigenvalue weighted by Crippen LogP contribution is -2.48. The Labute approximate surface area is 203 Å². The summed E-state index contributed by atoms with van der Waals surface area (Å²) < 4.78 is 5.19. The van der Waals surface area contributed by atoms with Crippen molar-refractivity contribution in [2.45, 2.75) is 32.4 Å². The molecule has 4 rings (SSSR count). The van der Waals surface area contributed by atoms with Crippen LogP contribution < -0.4 is 4.74 Å². The van der Waals surface area contributed by atoms with Gasteiger partial charge in [-0.3, -0.25) is 9.59 Å². The van der Waals surface area contributed by atoms with Gasteiger partial charge in [-0.15, -0.1) is 11.3 Å². The molecule has 2 aromatic carbocycles. The fourth-order valence-electron chi connectivity index (χ4n) is 4.21. The van der Waals surface area contributed by atoms with E-state index in [-0.39, 0.29) is 30.4 Å². The third-order valence-electron chi connectivity index (χ3n) is 6.00. The van der Waals surface area contributed by atoms with Crippen LogP contribution >= 0.6 is 22.9 Å². The molecule has 0 N–H and O–H groups in total. The van der Waals surface area contributed by atoms with Gasteiger partial charge in [-0.05, 0) is 79.2 Å². The van der Waals surface area contributed by atoms with Crippen molar-refractivity contribution in [3.8, 4) is 5.75 Å². The smallest absolute Gasteiger partial charge is 0.254 e. The summed E-state index contributed by atoms with van der Waals surface area (Å²) in [6.07, 6.45) is 0.816. The zero-order valence-electron chi connectivity index (χ0n) is 19.0. The van der Waals surface area contributed by atoms with Gasteiger partial charge in [0, 0.05) is 28.0 Å². The minimum atomic E-state index is -0.185. The van der Waals surface area contributed by atoms with E-state index in [1.165, 1.54) is 4.88 Å². The lowest BCUT2D eigenvalue weighted by molar-refractivity contribution is -0.134. The second kappa shape index (κ2) is 9.98. The van der Waals surface area contributed by atoms with E-state index in [1.807, 2.05) is 43.0 Å². The summed E-state index contributed by atoms with van der Waals surface area (Å²) in [5.74, 6) is 0.448. The Morgan fingerprint density at radius 1 is 1.12 bits per heavy atom. The van der Waals surface area contributed by atoms with E-state index < -0.39 is 0 Å². The summed E-state index contributed by atoms with van der Waals surface area (Å²) in [7, 11) is 1.59. The molecule has 33 heavy (non-hydrogen) atoms. The first-order valence-electron chi connectivity index (χ1n) is 10.9. The van der Waals surface area contributed by atoms with Gasteiger partial charge >= 0.3 is 0 Å². The van der Waals surface area contributed by atoms with Crippen molar-refractivity contribution in [1.29, 1.82) is 0 Å². The first kappa shape index (κ1) is 23.3. The zero-order chi connectivity index (χ0) is 23.5. The van der Waals surface area contributed by atoms with Crippen molar-refractivity contribution in [1.82, 2.24) is 9.80 Å². The maximum absolute atomic E-state index is 13.6. The molecule has 1 atom stereocenters. The first-order valence-corrected chi connectivity index (χ1v) is 12.2. The molecule has 0 radical (unpaired) electrons. The predicted octanol–water partition coefficient (Wildman–Crippen LogP) is 5.44. The van der Waals surface area contributed by atoms with E-state index >= 15 is 0 Å². The lowest BCUT2D eigenvalue weighted by atomic mass is 9.93. The number of thiophene rings is 1. The Morgan fingerprint density at radius 3 is 2.45 bits per heavy atom. The highest BCUT2D eigenvalue weighted by Crippen LogP contribution is 2.38. The topological polar surface area (TPSA) is 49.9 Å². The minimum absolute atomic E-state index is 0.0199. The number of benzene rings is 2. The molecule has 1 aromatic heterocycles. The Kier molecular flexibility index (Phi) is 7.05. The molecule has 3 aromatic rings. The molecule has 0 bridgehead atoms. The van der Waals surface area contributed by atoms with Gasteiger partial charge in [0.25, 0.3) is 5.91 Å². The van der Waals surface area contributed by atoms with Crippen molar-refractivity contribution in [3.63, 3.8) is 0 Å². The summed E-state index contributed by atoms with van der Waals surface area (Å²) >= 11 is 7.84. The van der Waals surface area contributed by atoms with Crippen molar-refractivity contribution < 1.29 is 14.3 Å². The molecule has 2 amide bonds. The summed E-state index contributed by atoms with van der Waals surface area (Å²) in [6, 6.07) is 16.4. The Bertz CT molecular complexity index is 1130. The molecule has 2 heterocycles. The molecule has 0 aliphatic carbocycles. The van der Waals surface area contributed by atoms with Gasteiger partial charge in [0.1, 0.15) is 12.3 Å². The van der Waals surface area contributed by atoms with E-state index in [2.05, 4.69) is 11.4 Å². The number of carbonyl (C=O) groups excluding carboxylic acids is 2. The Morgan fingerprint density at radius 2 is 1.82 bits per heavy atom. The van der Waals surface area contributed by atoms with Gasteiger partial charge in [0.15, 0.2) is 0 Å². The van der Waals surface area contributed by atoms with Crippen LogP contribution in [0, 0.1) is 0 Å². The maximum Gasteiger partial charge on any atom is 0.254 e. The molecule has 5 nitrogen and oxygen atoms in total. The van der Waals surface area contributed by atoms with E-state index in [0.717, 1.165) is 17.5 Å². The van der Waals surface area contributed by atoms with Crippen LogP contribution in [0.15, 0.2) is 60.0 Å². The van der Waals surface area contributed by atoms with Crippen LogP contribution in [0.25, 0.3) is 0 Å². The number of nitrogens with zero attached hydrogens (tertiary/aromatic N) is 2. The molecule has 0 spiro atoms. The van der Waals surface area contributed by atoms with Crippen molar-refractivity contribution >= 4 is 34.8 Å². The third-order valence-corrected chi connectivity index (χ3v) is 7.25. The third kappa shape index (κ3) is 4.92. The second-order valence-electron chi connectivity index (χ2n) is 8.35. The number of halogens is 1. The van der Waals surface area contributed by atoms with Crippen molar-refractivity contribution in [3.05, 3.63) is 86.6 Å². The van der Waals surface area contributed by atoms with Gasteiger partial charge in [0.05, 0.1) is 13.2 Å². The predicted molar refractivity (Wildman–Crippen MR) is 132 cm³/mol. The van der Waals surface area contributed by atoms with Gasteiger partial charge in [-0.25, -0.2) is 0 Å². The standard InChI is InChI=1S/C26H27ClN2O3S/c1-17(2)29(26(31)19-6-10-21(32-3)11-7-19)16-24(30)28-14-12-23-22(13-15-33-23)25(28)18-4-8-20(27)9-5-18/h4-11,13,15,17,25H,12,14,16H2,1-3H3. The molecule has 1 aliphatic heterocycles. The molecular weight excluding hydrogens is 456 g/mol. The van der Waals surface area contributed by atoms with Crippen LogP contribution in [0.1, 0.15) is 46.3 Å². The number of fused-ring (bicyclic) bond motifs is 1. The minimum Gasteiger partial charge on any atom is -0.497 e. The average molecular weight is 483 g/mol. The molecule has 1 unspecified atom stereocenters. The summed E-state index contributed by atoms with van der Waals surface area (Å²) in [5, 5.41) is 2.74. The molecular formula is C26H27ClN2O3S. The van der Waals surface area contributed by atoms with E-state index in [4.69, 9.17) is 16.3 Å². The van der Waals surface area contributed by atoms with Gasteiger partial charge in [-0.1, -0.05) is 23.7 Å². The maximum atomic E-state index is 13.6. The normalized spacial score (nSPS) is 15.3. The number of carbonyl (C=O) groups is 2. The van der Waals surface area contributed by atoms with Gasteiger partial charge < -0.3 is 14.5 Å².